The first-order chi connectivity index (χ1) is 8.80. The highest BCUT2D eigenvalue weighted by atomic mass is 32.2. The summed E-state index contributed by atoms with van der Waals surface area (Å²) in [6.07, 6.45) is -0.568. The normalized spacial score (nSPS) is 23.5. The quantitative estimate of drug-likeness (QED) is 0.928. The van der Waals surface area contributed by atoms with Crippen LogP contribution in [-0.2, 0) is 9.84 Å². The van der Waals surface area contributed by atoms with Gasteiger partial charge in [0.25, 0.3) is 0 Å². The topological polar surface area (TPSA) is 54.4 Å². The van der Waals surface area contributed by atoms with E-state index in [2.05, 4.69) is 0 Å². The van der Waals surface area contributed by atoms with Crippen molar-refractivity contribution in [2.45, 2.75) is 25.9 Å². The Bertz CT molecular complexity index is 584. The zero-order chi connectivity index (χ0) is 14.2. The van der Waals surface area contributed by atoms with Crippen molar-refractivity contribution in [2.75, 3.05) is 11.5 Å². The van der Waals surface area contributed by atoms with Crippen molar-refractivity contribution in [2.24, 2.45) is 5.92 Å². The Labute approximate surface area is 111 Å². The first-order valence-corrected chi connectivity index (χ1v) is 7.95. The molecule has 1 saturated heterocycles. The number of rotatable bonds is 3. The van der Waals surface area contributed by atoms with Crippen molar-refractivity contribution < 1.29 is 22.3 Å². The van der Waals surface area contributed by atoms with E-state index in [1.807, 2.05) is 0 Å². The second-order valence-corrected chi connectivity index (χ2v) is 7.35. The molecule has 0 spiro atoms. The molecule has 19 heavy (non-hydrogen) atoms. The molecule has 0 saturated carbocycles. The first kappa shape index (κ1) is 14.4. The molecule has 1 heterocycles. The summed E-state index contributed by atoms with van der Waals surface area (Å²) in [4.78, 5) is 0. The van der Waals surface area contributed by atoms with E-state index in [4.69, 9.17) is 0 Å². The predicted molar refractivity (Wildman–Crippen MR) is 67.4 cm³/mol. The molecule has 2 atom stereocenters. The molecule has 1 fully saturated rings. The van der Waals surface area contributed by atoms with E-state index >= 15 is 0 Å². The minimum Gasteiger partial charge on any atom is -0.388 e. The van der Waals surface area contributed by atoms with Crippen LogP contribution in [0.25, 0.3) is 0 Å². The average Bonchev–Trinajstić information content (AvgIpc) is 2.65. The van der Waals surface area contributed by atoms with Crippen LogP contribution in [0.3, 0.4) is 0 Å². The summed E-state index contributed by atoms with van der Waals surface area (Å²) in [6, 6.07) is 2.75. The lowest BCUT2D eigenvalue weighted by Crippen LogP contribution is -2.11. The van der Waals surface area contributed by atoms with Crippen LogP contribution in [-0.4, -0.2) is 25.0 Å². The molecule has 1 aliphatic heterocycles. The molecule has 106 valence electrons. The Hall–Kier alpha value is -1.01. The van der Waals surface area contributed by atoms with Crippen molar-refractivity contribution in [1.29, 1.82) is 0 Å². The Balaban J connectivity index is 2.13. The molecule has 1 aliphatic rings. The fraction of sp³-hybridized carbons (Fsp3) is 0.538. The highest BCUT2D eigenvalue weighted by Crippen LogP contribution is 2.31. The van der Waals surface area contributed by atoms with Gasteiger partial charge < -0.3 is 5.11 Å². The molecule has 2 rings (SSSR count). The zero-order valence-corrected chi connectivity index (χ0v) is 11.4. The summed E-state index contributed by atoms with van der Waals surface area (Å²) >= 11 is 0. The number of benzene rings is 1. The van der Waals surface area contributed by atoms with Gasteiger partial charge in [0.15, 0.2) is 21.5 Å². The molecule has 0 bridgehead atoms. The lowest BCUT2D eigenvalue weighted by molar-refractivity contribution is 0.143. The van der Waals surface area contributed by atoms with E-state index in [9.17, 15) is 22.3 Å². The molecular weight excluding hydrogens is 274 g/mol. The Morgan fingerprint density at radius 3 is 2.63 bits per heavy atom. The number of halogens is 2. The maximum Gasteiger partial charge on any atom is 0.164 e. The molecule has 2 unspecified atom stereocenters. The molecule has 3 nitrogen and oxygen atoms in total. The smallest absolute Gasteiger partial charge is 0.164 e. The van der Waals surface area contributed by atoms with Gasteiger partial charge in [-0.15, -0.1) is 0 Å². The van der Waals surface area contributed by atoms with Gasteiger partial charge in [0.05, 0.1) is 17.6 Å². The van der Waals surface area contributed by atoms with Crippen LogP contribution in [0.15, 0.2) is 12.1 Å². The highest BCUT2D eigenvalue weighted by molar-refractivity contribution is 7.91. The van der Waals surface area contributed by atoms with Gasteiger partial charge in [-0.1, -0.05) is 12.1 Å². The number of sulfone groups is 1. The van der Waals surface area contributed by atoms with Gasteiger partial charge in [-0.05, 0) is 31.2 Å². The first-order valence-electron chi connectivity index (χ1n) is 6.13. The van der Waals surface area contributed by atoms with Crippen molar-refractivity contribution in [3.63, 3.8) is 0 Å². The van der Waals surface area contributed by atoms with E-state index in [-0.39, 0.29) is 35.0 Å². The maximum absolute atomic E-state index is 13.7. The Kier molecular flexibility index (Phi) is 3.92. The van der Waals surface area contributed by atoms with Gasteiger partial charge in [-0.3, -0.25) is 0 Å². The van der Waals surface area contributed by atoms with Gasteiger partial charge in [0.1, 0.15) is 0 Å². The van der Waals surface area contributed by atoms with Crippen molar-refractivity contribution in [1.82, 2.24) is 0 Å². The number of hydrogen-bond acceptors (Lipinski definition) is 3. The second kappa shape index (κ2) is 5.17. The average molecular weight is 290 g/mol. The van der Waals surface area contributed by atoms with E-state index in [0.717, 1.165) is 0 Å². The lowest BCUT2D eigenvalue weighted by Gasteiger charge is -2.16. The zero-order valence-electron chi connectivity index (χ0n) is 10.6. The molecule has 0 radical (unpaired) electrons. The molecule has 0 aromatic heterocycles. The number of aliphatic hydroxyl groups excluding tert-OH is 1. The molecule has 1 N–H and O–H groups in total. The van der Waals surface area contributed by atoms with Crippen LogP contribution >= 0.6 is 0 Å². The van der Waals surface area contributed by atoms with Crippen LogP contribution < -0.4 is 0 Å². The van der Waals surface area contributed by atoms with Crippen molar-refractivity contribution in [3.8, 4) is 0 Å². The summed E-state index contributed by atoms with van der Waals surface area (Å²) in [5, 5.41) is 9.95. The summed E-state index contributed by atoms with van der Waals surface area (Å²) in [6.45, 7) is 1.44. The minimum absolute atomic E-state index is 0.0139. The van der Waals surface area contributed by atoms with Crippen LogP contribution in [0.2, 0.25) is 0 Å². The largest absolute Gasteiger partial charge is 0.388 e. The molecular formula is C13H16F2O3S. The molecule has 1 aromatic rings. The van der Waals surface area contributed by atoms with Crippen molar-refractivity contribution in [3.05, 3.63) is 34.9 Å². The second-order valence-electron chi connectivity index (χ2n) is 5.12. The monoisotopic (exact) mass is 290 g/mol. The van der Waals surface area contributed by atoms with Crippen LogP contribution in [0, 0.1) is 24.5 Å². The van der Waals surface area contributed by atoms with Gasteiger partial charge in [-0.2, -0.15) is 0 Å². The lowest BCUT2D eigenvalue weighted by atomic mass is 9.95. The standard InChI is InChI=1S/C13H16F2O3S/c1-8-2-3-10(13(15)12(8)14)11(16)6-9-4-5-19(17,18)7-9/h2-3,9,11,16H,4-7H2,1H3. The maximum atomic E-state index is 13.7. The number of hydrogen-bond donors (Lipinski definition) is 1. The van der Waals surface area contributed by atoms with E-state index in [1.54, 1.807) is 0 Å². The molecule has 6 heteroatoms. The predicted octanol–water partition coefficient (Wildman–Crippen LogP) is 2.13. The van der Waals surface area contributed by atoms with Crippen LogP contribution in [0.1, 0.15) is 30.1 Å². The minimum atomic E-state index is -3.03. The molecule has 0 amide bonds. The molecule has 1 aromatic carbocycles. The summed E-state index contributed by atoms with van der Waals surface area (Å²) in [7, 11) is -3.03. The number of aryl methyl sites for hydroxylation is 1. The molecule has 0 aliphatic carbocycles. The van der Waals surface area contributed by atoms with Crippen LogP contribution in [0.5, 0.6) is 0 Å². The van der Waals surface area contributed by atoms with E-state index in [1.165, 1.54) is 19.1 Å². The Morgan fingerprint density at radius 1 is 1.37 bits per heavy atom. The SMILES string of the molecule is Cc1ccc(C(O)CC2CCS(=O)(=O)C2)c(F)c1F. The fourth-order valence-corrected chi connectivity index (χ4v) is 4.30. The summed E-state index contributed by atoms with van der Waals surface area (Å²) in [5.74, 6) is -2.08. The van der Waals surface area contributed by atoms with Gasteiger partial charge in [-0.25, -0.2) is 17.2 Å². The number of aliphatic hydroxyl groups is 1. The van der Waals surface area contributed by atoms with Gasteiger partial charge in [0, 0.05) is 5.56 Å². The van der Waals surface area contributed by atoms with Gasteiger partial charge in [0.2, 0.25) is 0 Å². The van der Waals surface area contributed by atoms with Crippen molar-refractivity contribution >= 4 is 9.84 Å². The summed E-state index contributed by atoms with van der Waals surface area (Å²) < 4.78 is 49.7. The fourth-order valence-electron chi connectivity index (χ4n) is 2.42. The van der Waals surface area contributed by atoms with E-state index < -0.39 is 27.6 Å². The third kappa shape index (κ3) is 3.12. The van der Waals surface area contributed by atoms with Crippen LogP contribution in [0.4, 0.5) is 8.78 Å². The highest BCUT2D eigenvalue weighted by Gasteiger charge is 2.30. The third-order valence-corrected chi connectivity index (χ3v) is 5.38. The summed E-state index contributed by atoms with van der Waals surface area (Å²) in [5.41, 5.74) is 0.0734. The Morgan fingerprint density at radius 2 is 2.05 bits per heavy atom. The van der Waals surface area contributed by atoms with E-state index in [0.29, 0.717) is 6.42 Å². The van der Waals surface area contributed by atoms with Gasteiger partial charge >= 0.3 is 0 Å². The third-order valence-electron chi connectivity index (χ3n) is 3.55.